The van der Waals surface area contributed by atoms with Crippen molar-refractivity contribution >= 4 is 11.9 Å². The van der Waals surface area contributed by atoms with Gasteiger partial charge in [0.15, 0.2) is 0 Å². The van der Waals surface area contributed by atoms with Gasteiger partial charge in [0.1, 0.15) is 6.54 Å². The smallest absolute Gasteiger partial charge is 0.320 e. The Labute approximate surface area is 120 Å². The monoisotopic (exact) mass is 282 g/mol. The van der Waals surface area contributed by atoms with Gasteiger partial charge < -0.3 is 20.4 Å². The van der Waals surface area contributed by atoms with E-state index in [1.165, 1.54) is 0 Å². The molecular weight excluding hydrogens is 256 g/mol. The molecule has 0 bridgehead atoms. The molecule has 3 amide bonds. The van der Waals surface area contributed by atoms with Crippen molar-refractivity contribution in [3.05, 3.63) is 0 Å². The van der Waals surface area contributed by atoms with Crippen molar-refractivity contribution in [1.29, 1.82) is 0 Å². The summed E-state index contributed by atoms with van der Waals surface area (Å²) in [5.74, 6) is -0.435. The van der Waals surface area contributed by atoms with Crippen molar-refractivity contribution in [3.8, 4) is 0 Å². The van der Waals surface area contributed by atoms with Gasteiger partial charge in [-0.1, -0.05) is 0 Å². The first kappa shape index (κ1) is 15.1. The van der Waals surface area contributed by atoms with Gasteiger partial charge in [0.05, 0.1) is 0 Å². The molecule has 2 fully saturated rings. The molecule has 20 heavy (non-hydrogen) atoms. The number of primary amides is 1. The summed E-state index contributed by atoms with van der Waals surface area (Å²) in [6.45, 7) is 8.00. The SMILES string of the molecule is CC(C)N1CCC(N2CCCN(CC(N)=O)C2=O)CC1. The zero-order valence-corrected chi connectivity index (χ0v) is 12.5. The molecule has 2 N–H and O–H groups in total. The number of likely N-dealkylation sites (tertiary alicyclic amines) is 1. The Morgan fingerprint density at radius 2 is 1.90 bits per heavy atom. The normalized spacial score (nSPS) is 22.6. The van der Waals surface area contributed by atoms with E-state index in [0.29, 0.717) is 18.6 Å². The Morgan fingerprint density at radius 1 is 1.25 bits per heavy atom. The van der Waals surface area contributed by atoms with E-state index in [4.69, 9.17) is 5.73 Å². The summed E-state index contributed by atoms with van der Waals surface area (Å²) in [6, 6.07) is 0.866. The molecule has 2 saturated heterocycles. The van der Waals surface area contributed by atoms with Crippen LogP contribution in [0.3, 0.4) is 0 Å². The quantitative estimate of drug-likeness (QED) is 0.815. The Kier molecular flexibility index (Phi) is 4.86. The number of hydrogen-bond donors (Lipinski definition) is 1. The van der Waals surface area contributed by atoms with E-state index >= 15 is 0 Å². The number of nitrogens with two attached hydrogens (primary N) is 1. The molecule has 0 radical (unpaired) electrons. The second-order valence-corrected chi connectivity index (χ2v) is 6.08. The predicted octanol–water partition coefficient (Wildman–Crippen LogP) is 0.472. The van der Waals surface area contributed by atoms with E-state index in [9.17, 15) is 9.59 Å². The highest BCUT2D eigenvalue weighted by atomic mass is 16.2. The standard InChI is InChI=1S/C14H26N4O2/c1-11(2)16-8-4-12(5-9-16)18-7-3-6-17(14(18)20)10-13(15)19/h11-12H,3-10H2,1-2H3,(H2,15,19). The highest BCUT2D eigenvalue weighted by Gasteiger charge is 2.33. The van der Waals surface area contributed by atoms with Crippen LogP contribution in [0.2, 0.25) is 0 Å². The van der Waals surface area contributed by atoms with Crippen molar-refractivity contribution in [1.82, 2.24) is 14.7 Å². The molecule has 2 heterocycles. The van der Waals surface area contributed by atoms with Gasteiger partial charge in [0, 0.05) is 38.3 Å². The second-order valence-electron chi connectivity index (χ2n) is 6.08. The maximum atomic E-state index is 12.4. The minimum Gasteiger partial charge on any atom is -0.368 e. The molecule has 0 aromatic rings. The third-order valence-corrected chi connectivity index (χ3v) is 4.36. The van der Waals surface area contributed by atoms with Crippen LogP contribution in [-0.4, -0.2) is 71.4 Å². The van der Waals surface area contributed by atoms with Gasteiger partial charge >= 0.3 is 6.03 Å². The number of carbonyl (C=O) groups excluding carboxylic acids is 2. The lowest BCUT2D eigenvalue weighted by atomic mass is 10.0. The van der Waals surface area contributed by atoms with Gasteiger partial charge in [-0.05, 0) is 33.1 Å². The van der Waals surface area contributed by atoms with Gasteiger partial charge in [-0.3, -0.25) is 4.79 Å². The van der Waals surface area contributed by atoms with Crippen LogP contribution in [0.15, 0.2) is 0 Å². The zero-order valence-electron chi connectivity index (χ0n) is 12.5. The molecule has 6 heteroatoms. The average Bonchev–Trinajstić information content (AvgIpc) is 2.41. The molecule has 0 aromatic carbocycles. The van der Waals surface area contributed by atoms with Crippen LogP contribution >= 0.6 is 0 Å². The number of carbonyl (C=O) groups is 2. The predicted molar refractivity (Wildman–Crippen MR) is 77.2 cm³/mol. The highest BCUT2D eigenvalue weighted by Crippen LogP contribution is 2.22. The highest BCUT2D eigenvalue weighted by molar-refractivity contribution is 5.83. The minimum absolute atomic E-state index is 0.0157. The lowest BCUT2D eigenvalue weighted by molar-refractivity contribution is -0.119. The zero-order chi connectivity index (χ0) is 14.7. The molecule has 2 aliphatic rings. The number of nitrogens with zero attached hydrogens (tertiary/aromatic N) is 3. The first-order chi connectivity index (χ1) is 9.49. The Bertz CT molecular complexity index is 364. The lowest BCUT2D eigenvalue weighted by Gasteiger charge is -2.43. The maximum Gasteiger partial charge on any atom is 0.320 e. The summed E-state index contributed by atoms with van der Waals surface area (Å²) in [6.07, 6.45) is 2.96. The molecule has 0 aliphatic carbocycles. The summed E-state index contributed by atoms with van der Waals surface area (Å²) >= 11 is 0. The summed E-state index contributed by atoms with van der Waals surface area (Å²) in [5.41, 5.74) is 5.20. The van der Waals surface area contributed by atoms with Gasteiger partial charge in [-0.15, -0.1) is 0 Å². The van der Waals surface area contributed by atoms with E-state index in [2.05, 4.69) is 18.7 Å². The number of hydrogen-bond acceptors (Lipinski definition) is 3. The Morgan fingerprint density at radius 3 is 2.45 bits per heavy atom. The minimum atomic E-state index is -0.435. The molecule has 0 atom stereocenters. The summed E-state index contributed by atoms with van der Waals surface area (Å²) in [5, 5.41) is 0. The van der Waals surface area contributed by atoms with Crippen LogP contribution < -0.4 is 5.73 Å². The molecule has 0 aromatic heterocycles. The van der Waals surface area contributed by atoms with Crippen LogP contribution in [0.5, 0.6) is 0 Å². The molecular formula is C14H26N4O2. The summed E-state index contributed by atoms with van der Waals surface area (Å²) < 4.78 is 0. The number of rotatable bonds is 4. The van der Waals surface area contributed by atoms with E-state index in [-0.39, 0.29) is 12.6 Å². The van der Waals surface area contributed by atoms with Crippen molar-refractivity contribution in [2.45, 2.75) is 45.2 Å². The molecule has 114 valence electrons. The topological polar surface area (TPSA) is 69.9 Å². The van der Waals surface area contributed by atoms with Crippen molar-refractivity contribution in [2.24, 2.45) is 5.73 Å². The van der Waals surface area contributed by atoms with Crippen molar-refractivity contribution < 1.29 is 9.59 Å². The van der Waals surface area contributed by atoms with Crippen LogP contribution in [0.1, 0.15) is 33.1 Å². The third-order valence-electron chi connectivity index (χ3n) is 4.36. The van der Waals surface area contributed by atoms with Crippen molar-refractivity contribution in [2.75, 3.05) is 32.7 Å². The fraction of sp³-hybridized carbons (Fsp3) is 0.857. The lowest BCUT2D eigenvalue weighted by Crippen LogP contribution is -2.57. The molecule has 0 saturated carbocycles. The number of amides is 3. The van der Waals surface area contributed by atoms with Crippen LogP contribution in [0, 0.1) is 0 Å². The van der Waals surface area contributed by atoms with Crippen LogP contribution in [-0.2, 0) is 4.79 Å². The molecule has 2 aliphatic heterocycles. The summed E-state index contributed by atoms with van der Waals surface area (Å²) in [4.78, 5) is 29.4. The van der Waals surface area contributed by atoms with Gasteiger partial charge in [-0.25, -0.2) is 4.79 Å². The fourth-order valence-electron chi connectivity index (χ4n) is 3.19. The molecule has 6 nitrogen and oxygen atoms in total. The van der Waals surface area contributed by atoms with E-state index in [0.717, 1.165) is 38.9 Å². The molecule has 2 rings (SSSR count). The van der Waals surface area contributed by atoms with Gasteiger partial charge in [0.25, 0.3) is 0 Å². The average molecular weight is 282 g/mol. The van der Waals surface area contributed by atoms with E-state index < -0.39 is 5.91 Å². The third kappa shape index (κ3) is 3.42. The van der Waals surface area contributed by atoms with E-state index in [1.807, 2.05) is 4.90 Å². The maximum absolute atomic E-state index is 12.4. The summed E-state index contributed by atoms with van der Waals surface area (Å²) in [7, 11) is 0. The number of piperidine rings is 1. The largest absolute Gasteiger partial charge is 0.368 e. The number of urea groups is 1. The molecule has 0 spiro atoms. The molecule has 0 unspecified atom stereocenters. The Balaban J connectivity index is 1.92. The second kappa shape index (κ2) is 6.43. The van der Waals surface area contributed by atoms with Crippen molar-refractivity contribution in [3.63, 3.8) is 0 Å². The fourth-order valence-corrected chi connectivity index (χ4v) is 3.19. The van der Waals surface area contributed by atoms with Crippen LogP contribution in [0.25, 0.3) is 0 Å². The van der Waals surface area contributed by atoms with Gasteiger partial charge in [-0.2, -0.15) is 0 Å². The first-order valence-corrected chi connectivity index (χ1v) is 7.57. The van der Waals surface area contributed by atoms with Gasteiger partial charge in [0.2, 0.25) is 5.91 Å². The van der Waals surface area contributed by atoms with E-state index in [1.54, 1.807) is 4.90 Å². The first-order valence-electron chi connectivity index (χ1n) is 7.57. The Hall–Kier alpha value is -1.30. The van der Waals surface area contributed by atoms with Crippen LogP contribution in [0.4, 0.5) is 4.79 Å².